The Morgan fingerprint density at radius 1 is 1.37 bits per heavy atom. The highest BCUT2D eigenvalue weighted by Gasteiger charge is 2.30. The third kappa shape index (κ3) is 3.57. The van der Waals surface area contributed by atoms with E-state index >= 15 is 0 Å². The number of hydrogen-bond donors (Lipinski definition) is 2. The fraction of sp³-hybridized carbons (Fsp3) is 0.308. The number of aromatic nitrogens is 2. The second-order valence-electron chi connectivity index (χ2n) is 4.33. The van der Waals surface area contributed by atoms with Gasteiger partial charge in [-0.15, -0.1) is 0 Å². The lowest BCUT2D eigenvalue weighted by molar-refractivity contribution is -0.137. The molecular weight excluding hydrogens is 255 g/mol. The molecular formula is C13H14F3N3. The minimum absolute atomic E-state index is 0.169. The molecule has 2 N–H and O–H groups in total. The average molecular weight is 269 g/mol. The van der Waals surface area contributed by atoms with Crippen molar-refractivity contribution in [1.82, 2.24) is 15.5 Å². The topological polar surface area (TPSA) is 40.7 Å². The second-order valence-corrected chi connectivity index (χ2v) is 4.33. The minimum atomic E-state index is -4.31. The maximum absolute atomic E-state index is 12.6. The molecule has 6 heteroatoms. The van der Waals surface area contributed by atoms with E-state index in [0.29, 0.717) is 12.1 Å². The van der Waals surface area contributed by atoms with Gasteiger partial charge in [-0.05, 0) is 24.6 Å². The normalized spacial score (nSPS) is 13.5. The Kier molecular flexibility index (Phi) is 3.90. The Hall–Kier alpha value is -1.82. The van der Waals surface area contributed by atoms with Gasteiger partial charge in [0, 0.05) is 24.3 Å². The summed E-state index contributed by atoms with van der Waals surface area (Å²) in [6, 6.07) is 5.19. The summed E-state index contributed by atoms with van der Waals surface area (Å²) in [6.45, 7) is 2.38. The largest absolute Gasteiger partial charge is 0.416 e. The van der Waals surface area contributed by atoms with Gasteiger partial charge in [-0.1, -0.05) is 12.1 Å². The van der Waals surface area contributed by atoms with Crippen molar-refractivity contribution in [2.24, 2.45) is 0 Å². The molecule has 0 fully saturated rings. The Labute approximate surface area is 108 Å². The maximum atomic E-state index is 12.6. The first-order chi connectivity index (χ1) is 8.97. The molecule has 0 aliphatic heterocycles. The number of benzene rings is 1. The molecule has 1 heterocycles. The SMILES string of the molecule is CC(NCc1cn[nH]c1)c1cccc(C(F)(F)F)c1. The summed E-state index contributed by atoms with van der Waals surface area (Å²) in [5, 5.41) is 9.64. The van der Waals surface area contributed by atoms with E-state index in [1.54, 1.807) is 18.5 Å². The number of rotatable bonds is 4. The number of nitrogens with zero attached hydrogens (tertiary/aromatic N) is 1. The van der Waals surface area contributed by atoms with Crippen LogP contribution in [0, 0.1) is 0 Å². The lowest BCUT2D eigenvalue weighted by Gasteiger charge is -2.15. The quantitative estimate of drug-likeness (QED) is 0.894. The molecule has 1 unspecified atom stereocenters. The van der Waals surface area contributed by atoms with Crippen LogP contribution in [0.2, 0.25) is 0 Å². The predicted molar refractivity (Wildman–Crippen MR) is 65.3 cm³/mol. The summed E-state index contributed by atoms with van der Waals surface area (Å²) in [6.07, 6.45) is -0.891. The Morgan fingerprint density at radius 3 is 2.79 bits per heavy atom. The molecule has 0 bridgehead atoms. The van der Waals surface area contributed by atoms with E-state index in [0.717, 1.165) is 11.6 Å². The minimum Gasteiger partial charge on any atom is -0.306 e. The molecule has 2 aromatic rings. The van der Waals surface area contributed by atoms with Gasteiger partial charge in [0.05, 0.1) is 11.8 Å². The molecule has 0 spiro atoms. The van der Waals surface area contributed by atoms with Gasteiger partial charge in [0.15, 0.2) is 0 Å². The molecule has 0 saturated carbocycles. The summed E-state index contributed by atoms with van der Waals surface area (Å²) < 4.78 is 37.8. The van der Waals surface area contributed by atoms with Gasteiger partial charge < -0.3 is 5.32 Å². The van der Waals surface area contributed by atoms with E-state index in [-0.39, 0.29) is 6.04 Å². The van der Waals surface area contributed by atoms with Crippen LogP contribution in [-0.2, 0) is 12.7 Å². The number of aromatic amines is 1. The van der Waals surface area contributed by atoms with E-state index in [4.69, 9.17) is 0 Å². The lowest BCUT2D eigenvalue weighted by atomic mass is 10.0. The third-order valence-corrected chi connectivity index (χ3v) is 2.88. The van der Waals surface area contributed by atoms with Gasteiger partial charge in [0.1, 0.15) is 0 Å². The summed E-state index contributed by atoms with van der Waals surface area (Å²) >= 11 is 0. The molecule has 102 valence electrons. The van der Waals surface area contributed by atoms with Crippen molar-refractivity contribution in [1.29, 1.82) is 0 Å². The van der Waals surface area contributed by atoms with Crippen LogP contribution >= 0.6 is 0 Å². The molecule has 3 nitrogen and oxygen atoms in total. The van der Waals surface area contributed by atoms with E-state index in [9.17, 15) is 13.2 Å². The monoisotopic (exact) mass is 269 g/mol. The van der Waals surface area contributed by atoms with E-state index in [1.807, 2.05) is 6.92 Å². The Bertz CT molecular complexity index is 520. The molecule has 0 radical (unpaired) electrons. The van der Waals surface area contributed by atoms with E-state index in [2.05, 4.69) is 15.5 Å². The van der Waals surface area contributed by atoms with Crippen molar-refractivity contribution in [3.8, 4) is 0 Å². The fourth-order valence-electron chi connectivity index (χ4n) is 1.75. The lowest BCUT2D eigenvalue weighted by Crippen LogP contribution is -2.18. The maximum Gasteiger partial charge on any atom is 0.416 e. The second kappa shape index (κ2) is 5.44. The van der Waals surface area contributed by atoms with Gasteiger partial charge in [-0.2, -0.15) is 18.3 Å². The molecule has 0 aliphatic rings. The van der Waals surface area contributed by atoms with Crippen LogP contribution in [0.4, 0.5) is 13.2 Å². The molecule has 1 aromatic carbocycles. The third-order valence-electron chi connectivity index (χ3n) is 2.88. The zero-order valence-corrected chi connectivity index (χ0v) is 10.3. The first-order valence-corrected chi connectivity index (χ1v) is 5.85. The molecule has 1 atom stereocenters. The van der Waals surface area contributed by atoms with Crippen molar-refractivity contribution in [3.05, 3.63) is 53.3 Å². The molecule has 0 amide bonds. The molecule has 19 heavy (non-hydrogen) atoms. The van der Waals surface area contributed by atoms with E-state index in [1.165, 1.54) is 12.1 Å². The van der Waals surface area contributed by atoms with E-state index < -0.39 is 11.7 Å². The zero-order chi connectivity index (χ0) is 13.9. The number of H-pyrrole nitrogens is 1. The van der Waals surface area contributed by atoms with Crippen molar-refractivity contribution in [2.75, 3.05) is 0 Å². The summed E-state index contributed by atoms with van der Waals surface area (Å²) in [7, 11) is 0. The van der Waals surface area contributed by atoms with Gasteiger partial charge in [-0.3, -0.25) is 5.10 Å². The van der Waals surface area contributed by atoms with Crippen LogP contribution in [0.15, 0.2) is 36.7 Å². The van der Waals surface area contributed by atoms with Gasteiger partial charge in [0.25, 0.3) is 0 Å². The number of nitrogens with one attached hydrogen (secondary N) is 2. The zero-order valence-electron chi connectivity index (χ0n) is 10.3. The average Bonchev–Trinajstić information content (AvgIpc) is 2.88. The van der Waals surface area contributed by atoms with Crippen LogP contribution in [0.1, 0.15) is 29.7 Å². The van der Waals surface area contributed by atoms with Crippen LogP contribution in [-0.4, -0.2) is 10.2 Å². The van der Waals surface area contributed by atoms with Gasteiger partial charge in [0.2, 0.25) is 0 Å². The van der Waals surface area contributed by atoms with Gasteiger partial charge in [-0.25, -0.2) is 0 Å². The highest BCUT2D eigenvalue weighted by molar-refractivity contribution is 5.27. The fourth-order valence-corrected chi connectivity index (χ4v) is 1.75. The van der Waals surface area contributed by atoms with Crippen molar-refractivity contribution >= 4 is 0 Å². The molecule has 2 rings (SSSR count). The predicted octanol–water partition coefficient (Wildman–Crippen LogP) is 3.28. The molecule has 0 aliphatic carbocycles. The first kappa shape index (κ1) is 13.6. The summed E-state index contributed by atoms with van der Waals surface area (Å²) in [5.41, 5.74) is 0.944. The van der Waals surface area contributed by atoms with Crippen molar-refractivity contribution < 1.29 is 13.2 Å². The Morgan fingerprint density at radius 2 is 2.16 bits per heavy atom. The van der Waals surface area contributed by atoms with Gasteiger partial charge >= 0.3 is 6.18 Å². The molecule has 0 saturated heterocycles. The standard InChI is InChI=1S/C13H14F3N3/c1-9(17-6-10-7-18-19-8-10)11-3-2-4-12(5-11)13(14,15)16/h2-5,7-9,17H,6H2,1H3,(H,18,19). The van der Waals surface area contributed by atoms with Crippen LogP contribution < -0.4 is 5.32 Å². The highest BCUT2D eigenvalue weighted by Crippen LogP contribution is 2.30. The number of alkyl halides is 3. The summed E-state index contributed by atoms with van der Waals surface area (Å²) in [5.74, 6) is 0. The van der Waals surface area contributed by atoms with Crippen molar-refractivity contribution in [3.63, 3.8) is 0 Å². The highest BCUT2D eigenvalue weighted by atomic mass is 19.4. The van der Waals surface area contributed by atoms with Crippen LogP contribution in [0.3, 0.4) is 0 Å². The van der Waals surface area contributed by atoms with Crippen LogP contribution in [0.25, 0.3) is 0 Å². The molecule has 1 aromatic heterocycles. The number of halogens is 3. The first-order valence-electron chi connectivity index (χ1n) is 5.85. The summed E-state index contributed by atoms with van der Waals surface area (Å²) in [4.78, 5) is 0. The van der Waals surface area contributed by atoms with Crippen molar-refractivity contribution in [2.45, 2.75) is 25.7 Å². The number of hydrogen-bond acceptors (Lipinski definition) is 2. The smallest absolute Gasteiger partial charge is 0.306 e. The Balaban J connectivity index is 2.04. The van der Waals surface area contributed by atoms with Crippen LogP contribution in [0.5, 0.6) is 0 Å².